The Morgan fingerprint density at radius 3 is 2.68 bits per heavy atom. The average molecular weight is 340 g/mol. The molecule has 2 amide bonds. The number of nitrogens with one attached hydrogen (secondary N) is 1. The first kappa shape index (κ1) is 17.2. The van der Waals surface area contributed by atoms with Gasteiger partial charge in [0.05, 0.1) is 5.69 Å². The van der Waals surface area contributed by atoms with E-state index in [0.717, 1.165) is 18.5 Å². The average Bonchev–Trinajstić information content (AvgIpc) is 3.12. The molecule has 1 atom stereocenters. The maximum absolute atomic E-state index is 12.7. The van der Waals surface area contributed by atoms with Gasteiger partial charge in [0.1, 0.15) is 0 Å². The van der Waals surface area contributed by atoms with E-state index in [1.54, 1.807) is 21.8 Å². The monoisotopic (exact) mass is 340 g/mol. The molecule has 2 aromatic rings. The molecule has 1 aromatic carbocycles. The molecular formula is C19H24N4O2. The van der Waals surface area contributed by atoms with Gasteiger partial charge in [0.2, 0.25) is 5.91 Å². The van der Waals surface area contributed by atoms with Crippen molar-refractivity contribution in [2.24, 2.45) is 5.92 Å². The lowest BCUT2D eigenvalue weighted by Gasteiger charge is -2.33. The van der Waals surface area contributed by atoms with Crippen LogP contribution in [0.4, 0.5) is 0 Å². The number of benzene rings is 1. The minimum atomic E-state index is -0.0850. The Bertz CT molecular complexity index is 739. The number of likely N-dealkylation sites (tertiary alicyclic amines) is 1. The van der Waals surface area contributed by atoms with Crippen molar-refractivity contribution < 1.29 is 9.59 Å². The van der Waals surface area contributed by atoms with Crippen molar-refractivity contribution in [2.75, 3.05) is 13.1 Å². The zero-order chi connectivity index (χ0) is 17.8. The van der Waals surface area contributed by atoms with E-state index in [9.17, 15) is 9.59 Å². The summed E-state index contributed by atoms with van der Waals surface area (Å²) in [7, 11) is 0. The normalized spacial score (nSPS) is 17.6. The Morgan fingerprint density at radius 1 is 1.20 bits per heavy atom. The van der Waals surface area contributed by atoms with Crippen molar-refractivity contribution >= 4 is 11.8 Å². The standard InChI is InChI=1S/C19H24N4O2/c1-14(2)18(24)20-15-7-6-11-22(13-15)19(25)17-10-12-23(21-17)16-8-4-3-5-9-16/h3-5,8-10,12,14-15H,6-7,11,13H2,1-2H3,(H,20,24)/t15-/m1/s1. The molecule has 1 aliphatic rings. The molecule has 0 saturated carbocycles. The third-order valence-corrected chi connectivity index (χ3v) is 4.41. The highest BCUT2D eigenvalue weighted by Crippen LogP contribution is 2.15. The van der Waals surface area contributed by atoms with Crippen LogP contribution in [0.25, 0.3) is 5.69 Å². The van der Waals surface area contributed by atoms with Crippen molar-refractivity contribution in [3.05, 3.63) is 48.3 Å². The second-order valence-corrected chi connectivity index (χ2v) is 6.73. The predicted octanol–water partition coefficient (Wildman–Crippen LogP) is 2.25. The number of para-hydroxylation sites is 1. The Labute approximate surface area is 147 Å². The molecule has 132 valence electrons. The molecule has 6 nitrogen and oxygen atoms in total. The lowest BCUT2D eigenvalue weighted by molar-refractivity contribution is -0.125. The number of carbonyl (C=O) groups is 2. The third kappa shape index (κ3) is 4.07. The van der Waals surface area contributed by atoms with Crippen LogP contribution in [0.3, 0.4) is 0 Å². The summed E-state index contributed by atoms with van der Waals surface area (Å²) in [6.45, 7) is 4.98. The van der Waals surface area contributed by atoms with E-state index in [-0.39, 0.29) is 23.8 Å². The molecule has 1 aliphatic heterocycles. The van der Waals surface area contributed by atoms with Gasteiger partial charge >= 0.3 is 0 Å². The topological polar surface area (TPSA) is 67.2 Å². The number of carbonyl (C=O) groups excluding carboxylic acids is 2. The lowest BCUT2D eigenvalue weighted by atomic mass is 10.0. The molecule has 3 rings (SSSR count). The minimum absolute atomic E-state index is 0.0174. The summed E-state index contributed by atoms with van der Waals surface area (Å²) in [5.74, 6) is -0.0986. The SMILES string of the molecule is CC(C)C(=O)N[C@@H]1CCCN(C(=O)c2ccn(-c3ccccc3)n2)C1. The van der Waals surface area contributed by atoms with Gasteiger partial charge in [-0.15, -0.1) is 0 Å². The Balaban J connectivity index is 1.66. The van der Waals surface area contributed by atoms with Crippen LogP contribution >= 0.6 is 0 Å². The van der Waals surface area contributed by atoms with Gasteiger partial charge in [-0.2, -0.15) is 5.10 Å². The summed E-state index contributed by atoms with van der Waals surface area (Å²) in [6, 6.07) is 11.5. The summed E-state index contributed by atoms with van der Waals surface area (Å²) in [6.07, 6.45) is 3.58. The van der Waals surface area contributed by atoms with Gasteiger partial charge in [0, 0.05) is 31.2 Å². The molecule has 0 bridgehead atoms. The van der Waals surface area contributed by atoms with Gasteiger partial charge in [-0.1, -0.05) is 32.0 Å². The minimum Gasteiger partial charge on any atom is -0.351 e. The van der Waals surface area contributed by atoms with Crippen LogP contribution in [0.15, 0.2) is 42.6 Å². The molecule has 1 fully saturated rings. The Hall–Kier alpha value is -2.63. The fraction of sp³-hybridized carbons (Fsp3) is 0.421. The Morgan fingerprint density at radius 2 is 1.96 bits per heavy atom. The summed E-state index contributed by atoms with van der Waals surface area (Å²) in [5, 5.41) is 7.44. The number of hydrogen-bond acceptors (Lipinski definition) is 3. The molecule has 0 aliphatic carbocycles. The van der Waals surface area contributed by atoms with Crippen LogP contribution in [0.2, 0.25) is 0 Å². The maximum atomic E-state index is 12.7. The van der Waals surface area contributed by atoms with Crippen LogP contribution < -0.4 is 5.32 Å². The van der Waals surface area contributed by atoms with Crippen molar-refractivity contribution in [3.8, 4) is 5.69 Å². The van der Waals surface area contributed by atoms with Crippen LogP contribution in [0.5, 0.6) is 0 Å². The molecular weight excluding hydrogens is 316 g/mol. The number of hydrogen-bond donors (Lipinski definition) is 1. The summed E-state index contributed by atoms with van der Waals surface area (Å²) >= 11 is 0. The number of aromatic nitrogens is 2. The van der Waals surface area contributed by atoms with Gasteiger partial charge in [-0.25, -0.2) is 4.68 Å². The maximum Gasteiger partial charge on any atom is 0.274 e. The molecule has 0 unspecified atom stereocenters. The largest absolute Gasteiger partial charge is 0.351 e. The first-order valence-electron chi connectivity index (χ1n) is 8.75. The first-order chi connectivity index (χ1) is 12.0. The number of rotatable bonds is 4. The molecule has 1 N–H and O–H groups in total. The van der Waals surface area contributed by atoms with E-state index in [1.165, 1.54) is 0 Å². The van der Waals surface area contributed by atoms with Crippen molar-refractivity contribution in [1.29, 1.82) is 0 Å². The summed E-state index contributed by atoms with van der Waals surface area (Å²) in [5.41, 5.74) is 1.35. The fourth-order valence-electron chi connectivity index (χ4n) is 2.97. The van der Waals surface area contributed by atoms with Crippen LogP contribution in [0.1, 0.15) is 37.2 Å². The highest BCUT2D eigenvalue weighted by Gasteiger charge is 2.27. The molecule has 6 heteroatoms. The zero-order valence-electron chi connectivity index (χ0n) is 14.7. The van der Waals surface area contributed by atoms with E-state index in [0.29, 0.717) is 18.8 Å². The van der Waals surface area contributed by atoms with Crippen molar-refractivity contribution in [3.63, 3.8) is 0 Å². The molecule has 25 heavy (non-hydrogen) atoms. The van der Waals surface area contributed by atoms with Gasteiger partial charge in [-0.05, 0) is 31.0 Å². The second-order valence-electron chi connectivity index (χ2n) is 6.73. The van der Waals surface area contributed by atoms with E-state index in [2.05, 4.69) is 10.4 Å². The summed E-state index contributed by atoms with van der Waals surface area (Å²) in [4.78, 5) is 26.4. The Kier molecular flexibility index (Phi) is 5.16. The number of nitrogens with zero attached hydrogens (tertiary/aromatic N) is 3. The predicted molar refractivity (Wildman–Crippen MR) is 95.5 cm³/mol. The van der Waals surface area contributed by atoms with Gasteiger partial charge in [0.25, 0.3) is 5.91 Å². The van der Waals surface area contributed by atoms with Crippen molar-refractivity contribution in [2.45, 2.75) is 32.7 Å². The zero-order valence-corrected chi connectivity index (χ0v) is 14.7. The van der Waals surface area contributed by atoms with E-state index < -0.39 is 0 Å². The molecule has 1 saturated heterocycles. The van der Waals surface area contributed by atoms with Crippen LogP contribution in [0, 0.1) is 5.92 Å². The third-order valence-electron chi connectivity index (χ3n) is 4.41. The van der Waals surface area contributed by atoms with Gasteiger partial charge < -0.3 is 10.2 Å². The molecule has 0 spiro atoms. The van der Waals surface area contributed by atoms with E-state index in [1.807, 2.05) is 44.2 Å². The first-order valence-corrected chi connectivity index (χ1v) is 8.75. The molecule has 2 heterocycles. The number of amides is 2. The molecule has 1 aromatic heterocycles. The quantitative estimate of drug-likeness (QED) is 0.928. The number of piperidine rings is 1. The van der Waals surface area contributed by atoms with Gasteiger partial charge in [0.15, 0.2) is 5.69 Å². The fourth-order valence-corrected chi connectivity index (χ4v) is 2.97. The molecule has 0 radical (unpaired) electrons. The lowest BCUT2D eigenvalue weighted by Crippen LogP contribution is -2.50. The highest BCUT2D eigenvalue weighted by molar-refractivity contribution is 5.92. The smallest absolute Gasteiger partial charge is 0.274 e. The highest BCUT2D eigenvalue weighted by atomic mass is 16.2. The summed E-state index contributed by atoms with van der Waals surface area (Å²) < 4.78 is 1.70. The van der Waals surface area contributed by atoms with E-state index >= 15 is 0 Å². The van der Waals surface area contributed by atoms with Crippen molar-refractivity contribution in [1.82, 2.24) is 20.0 Å². The van der Waals surface area contributed by atoms with E-state index in [4.69, 9.17) is 0 Å². The van der Waals surface area contributed by atoms with Crippen LogP contribution in [-0.2, 0) is 4.79 Å². The second kappa shape index (κ2) is 7.51. The van der Waals surface area contributed by atoms with Gasteiger partial charge in [-0.3, -0.25) is 9.59 Å². The van der Waals surface area contributed by atoms with Crippen LogP contribution in [-0.4, -0.2) is 45.6 Å².